The van der Waals surface area contributed by atoms with Crippen molar-refractivity contribution < 1.29 is 9.53 Å². The van der Waals surface area contributed by atoms with Gasteiger partial charge in [0.25, 0.3) is 0 Å². The molecule has 5 heteroatoms. The van der Waals surface area contributed by atoms with Gasteiger partial charge in [-0.1, -0.05) is 42.5 Å². The monoisotopic (exact) mass is 292 g/mol. The predicted octanol–water partition coefficient (Wildman–Crippen LogP) is 1.38. The lowest BCUT2D eigenvalue weighted by molar-refractivity contribution is -0.140. The molecule has 0 aromatic heterocycles. The number of carbonyl (C=O) groups excluding carboxylic acids is 1. The third-order valence-corrected chi connectivity index (χ3v) is 3.76. The Labute approximate surface area is 124 Å². The van der Waals surface area contributed by atoms with Crippen molar-refractivity contribution in [2.24, 2.45) is 11.7 Å². The second kappa shape index (κ2) is 6.81. The Kier molecular flexibility index (Phi) is 5.09. The minimum atomic E-state index is -0.433. The summed E-state index contributed by atoms with van der Waals surface area (Å²) in [4.78, 5) is 14.7. The number of nitrogens with zero attached hydrogens (tertiary/aromatic N) is 1. The van der Waals surface area contributed by atoms with Crippen molar-refractivity contribution >= 4 is 23.1 Å². The van der Waals surface area contributed by atoms with Crippen LogP contribution >= 0.6 is 12.2 Å². The maximum Gasteiger partial charge on any atom is 0.233 e. The highest BCUT2D eigenvalue weighted by Crippen LogP contribution is 2.15. The van der Waals surface area contributed by atoms with E-state index < -0.39 is 5.92 Å². The predicted molar refractivity (Wildman–Crippen MR) is 82.4 cm³/mol. The number of hydrogen-bond donors (Lipinski definition) is 1. The van der Waals surface area contributed by atoms with E-state index >= 15 is 0 Å². The zero-order chi connectivity index (χ0) is 14.5. The number of morpholine rings is 1. The molecule has 2 atom stereocenters. The largest absolute Gasteiger partial charge is 0.393 e. The van der Waals surface area contributed by atoms with Crippen LogP contribution in [-0.2, 0) is 16.0 Å². The van der Waals surface area contributed by atoms with E-state index in [4.69, 9.17) is 22.7 Å². The summed E-state index contributed by atoms with van der Waals surface area (Å²) in [5.41, 5.74) is 6.85. The Morgan fingerprint density at radius 2 is 2.20 bits per heavy atom. The number of carbonyl (C=O) groups is 1. The fourth-order valence-corrected chi connectivity index (χ4v) is 2.58. The minimum Gasteiger partial charge on any atom is -0.393 e. The summed E-state index contributed by atoms with van der Waals surface area (Å²) in [6.45, 7) is 3.75. The quantitative estimate of drug-likeness (QED) is 0.852. The van der Waals surface area contributed by atoms with Crippen LogP contribution in [0.2, 0.25) is 0 Å². The first-order valence-electron chi connectivity index (χ1n) is 6.81. The lowest BCUT2D eigenvalue weighted by Gasteiger charge is -2.33. The van der Waals surface area contributed by atoms with E-state index in [0.717, 1.165) is 5.56 Å². The van der Waals surface area contributed by atoms with Gasteiger partial charge in [0.15, 0.2) is 0 Å². The van der Waals surface area contributed by atoms with E-state index in [2.05, 4.69) is 0 Å². The first kappa shape index (κ1) is 14.9. The van der Waals surface area contributed by atoms with Gasteiger partial charge in [0.05, 0.1) is 23.6 Å². The molecule has 1 aliphatic rings. The molecule has 2 rings (SSSR count). The van der Waals surface area contributed by atoms with Crippen LogP contribution in [0.4, 0.5) is 0 Å². The molecule has 0 radical (unpaired) electrons. The molecule has 2 N–H and O–H groups in total. The van der Waals surface area contributed by atoms with Crippen molar-refractivity contribution in [1.29, 1.82) is 0 Å². The van der Waals surface area contributed by atoms with Crippen molar-refractivity contribution in [2.45, 2.75) is 19.4 Å². The van der Waals surface area contributed by atoms with E-state index in [-0.39, 0.29) is 17.0 Å². The highest BCUT2D eigenvalue weighted by Gasteiger charge is 2.29. The summed E-state index contributed by atoms with van der Waals surface area (Å²) >= 11 is 5.09. The summed E-state index contributed by atoms with van der Waals surface area (Å²) in [5, 5.41) is 0. The topological polar surface area (TPSA) is 55.6 Å². The standard InChI is InChI=1S/C15H20N2O2S/c1-11-10-17(7-8-19-11)15(18)13(14(16)20)9-12-5-3-2-4-6-12/h2-6,11,13H,7-10H2,1H3,(H2,16,20). The van der Waals surface area contributed by atoms with Gasteiger partial charge in [-0.3, -0.25) is 4.79 Å². The van der Waals surface area contributed by atoms with Gasteiger partial charge in [0.2, 0.25) is 5.91 Å². The SMILES string of the molecule is CC1CN(C(=O)C(Cc2ccccc2)C(N)=S)CCO1. The molecule has 1 fully saturated rings. The summed E-state index contributed by atoms with van der Waals surface area (Å²) in [6.07, 6.45) is 0.622. The van der Waals surface area contributed by atoms with Gasteiger partial charge >= 0.3 is 0 Å². The lowest BCUT2D eigenvalue weighted by atomic mass is 9.97. The molecular weight excluding hydrogens is 272 g/mol. The first-order chi connectivity index (χ1) is 9.58. The van der Waals surface area contributed by atoms with Crippen molar-refractivity contribution in [3.8, 4) is 0 Å². The molecule has 0 aliphatic carbocycles. The maximum absolute atomic E-state index is 12.6. The molecule has 20 heavy (non-hydrogen) atoms. The zero-order valence-corrected chi connectivity index (χ0v) is 12.4. The van der Waals surface area contributed by atoms with Crippen LogP contribution in [0.15, 0.2) is 30.3 Å². The van der Waals surface area contributed by atoms with E-state index in [9.17, 15) is 4.79 Å². The molecule has 1 aromatic carbocycles. The third kappa shape index (κ3) is 3.77. The van der Waals surface area contributed by atoms with E-state index in [1.807, 2.05) is 37.3 Å². The summed E-state index contributed by atoms with van der Waals surface area (Å²) < 4.78 is 5.46. The highest BCUT2D eigenvalue weighted by molar-refractivity contribution is 7.80. The van der Waals surface area contributed by atoms with Gasteiger partial charge in [-0.2, -0.15) is 0 Å². The molecule has 1 aromatic rings. The Balaban J connectivity index is 2.08. The second-order valence-corrected chi connectivity index (χ2v) is 5.58. The highest BCUT2D eigenvalue weighted by atomic mass is 32.1. The van der Waals surface area contributed by atoms with Crippen LogP contribution in [0, 0.1) is 5.92 Å². The van der Waals surface area contributed by atoms with Crippen molar-refractivity contribution in [3.63, 3.8) is 0 Å². The normalized spacial score (nSPS) is 20.4. The number of benzene rings is 1. The Morgan fingerprint density at radius 1 is 1.50 bits per heavy atom. The summed E-state index contributed by atoms with van der Waals surface area (Å²) in [5.74, 6) is -0.422. The molecule has 2 unspecified atom stereocenters. The maximum atomic E-state index is 12.6. The molecule has 108 valence electrons. The number of nitrogens with two attached hydrogens (primary N) is 1. The summed E-state index contributed by atoms with van der Waals surface area (Å²) in [7, 11) is 0. The van der Waals surface area contributed by atoms with Crippen molar-refractivity contribution in [2.75, 3.05) is 19.7 Å². The first-order valence-corrected chi connectivity index (χ1v) is 7.22. The van der Waals surface area contributed by atoms with Gasteiger partial charge in [-0.05, 0) is 18.9 Å². The van der Waals surface area contributed by atoms with Gasteiger partial charge in [-0.25, -0.2) is 0 Å². The number of ether oxygens (including phenoxy) is 1. The number of amides is 1. The smallest absolute Gasteiger partial charge is 0.233 e. The molecule has 0 bridgehead atoms. The Bertz CT molecular complexity index is 478. The van der Waals surface area contributed by atoms with Crippen LogP contribution in [-0.4, -0.2) is 41.6 Å². The van der Waals surface area contributed by atoms with Crippen LogP contribution in [0.25, 0.3) is 0 Å². The minimum absolute atomic E-state index is 0.0107. The van der Waals surface area contributed by atoms with Crippen LogP contribution in [0.3, 0.4) is 0 Å². The van der Waals surface area contributed by atoms with E-state index in [0.29, 0.717) is 26.1 Å². The van der Waals surface area contributed by atoms with Gasteiger partial charge in [0, 0.05) is 13.1 Å². The lowest BCUT2D eigenvalue weighted by Crippen LogP contribution is -2.49. The Hall–Kier alpha value is -1.46. The van der Waals surface area contributed by atoms with Crippen LogP contribution in [0.5, 0.6) is 0 Å². The third-order valence-electron chi connectivity index (χ3n) is 3.48. The second-order valence-electron chi connectivity index (χ2n) is 5.11. The molecule has 1 aliphatic heterocycles. The molecular formula is C15H20N2O2S. The number of hydrogen-bond acceptors (Lipinski definition) is 3. The van der Waals surface area contributed by atoms with Crippen molar-refractivity contribution in [1.82, 2.24) is 4.90 Å². The number of thiocarbonyl (C=S) groups is 1. The Morgan fingerprint density at radius 3 is 2.80 bits per heavy atom. The molecule has 0 spiro atoms. The average molecular weight is 292 g/mol. The molecule has 0 saturated carbocycles. The average Bonchev–Trinajstić information content (AvgIpc) is 2.45. The number of rotatable bonds is 4. The van der Waals surface area contributed by atoms with Crippen molar-refractivity contribution in [3.05, 3.63) is 35.9 Å². The van der Waals surface area contributed by atoms with Gasteiger partial charge in [-0.15, -0.1) is 0 Å². The summed E-state index contributed by atoms with van der Waals surface area (Å²) in [6, 6.07) is 9.83. The van der Waals surface area contributed by atoms with Gasteiger partial charge in [0.1, 0.15) is 0 Å². The zero-order valence-electron chi connectivity index (χ0n) is 11.6. The van der Waals surface area contributed by atoms with E-state index in [1.54, 1.807) is 4.90 Å². The molecule has 1 saturated heterocycles. The van der Waals surface area contributed by atoms with E-state index in [1.165, 1.54) is 0 Å². The molecule has 4 nitrogen and oxygen atoms in total. The van der Waals surface area contributed by atoms with Crippen LogP contribution < -0.4 is 5.73 Å². The van der Waals surface area contributed by atoms with Gasteiger partial charge < -0.3 is 15.4 Å². The molecule has 1 heterocycles. The fraction of sp³-hybridized carbons (Fsp3) is 0.467. The fourth-order valence-electron chi connectivity index (χ4n) is 2.40. The molecule has 1 amide bonds. The van der Waals surface area contributed by atoms with Crippen LogP contribution in [0.1, 0.15) is 12.5 Å².